The molecule has 0 atom stereocenters. The number of nitrogens with two attached hydrogens (primary N) is 1. The molecule has 0 amide bonds. The van der Waals surface area contributed by atoms with Gasteiger partial charge in [-0.25, -0.2) is 8.78 Å². The zero-order chi connectivity index (χ0) is 14.6. The summed E-state index contributed by atoms with van der Waals surface area (Å²) in [7, 11) is 0. The Morgan fingerprint density at radius 1 is 1.00 bits per heavy atom. The first-order chi connectivity index (χ1) is 8.90. The molecule has 6 heteroatoms. The third-order valence-electron chi connectivity index (χ3n) is 2.69. The molecule has 0 saturated heterocycles. The van der Waals surface area contributed by atoms with Crippen molar-refractivity contribution in [3.8, 4) is 5.75 Å². The fourth-order valence-electron chi connectivity index (χ4n) is 1.63. The monoisotopic (exact) mass is 279 g/mol. The third kappa shape index (κ3) is 3.59. The van der Waals surface area contributed by atoms with Gasteiger partial charge in [0.05, 0.1) is 6.61 Å². The smallest absolute Gasteiger partial charge is 0.204 e. The van der Waals surface area contributed by atoms with E-state index in [1.807, 2.05) is 13.8 Å². The first-order valence-electron chi connectivity index (χ1n) is 6.07. The van der Waals surface area contributed by atoms with Crippen LogP contribution in [0.5, 0.6) is 5.75 Å². The van der Waals surface area contributed by atoms with E-state index in [2.05, 4.69) is 0 Å². The van der Waals surface area contributed by atoms with Gasteiger partial charge in [0.2, 0.25) is 11.6 Å². The second-order valence-corrected chi connectivity index (χ2v) is 4.65. The van der Waals surface area contributed by atoms with Crippen LogP contribution < -0.4 is 10.5 Å². The van der Waals surface area contributed by atoms with Gasteiger partial charge < -0.3 is 10.5 Å². The lowest BCUT2D eigenvalue weighted by Gasteiger charge is -2.12. The molecule has 0 radical (unpaired) electrons. The Bertz CT molecular complexity index is 420. The van der Waals surface area contributed by atoms with Crippen LogP contribution in [0.1, 0.15) is 32.3 Å². The van der Waals surface area contributed by atoms with E-state index in [-0.39, 0.29) is 6.61 Å². The van der Waals surface area contributed by atoms with Gasteiger partial charge in [0.25, 0.3) is 0 Å². The largest absolute Gasteiger partial charge is 0.487 e. The lowest BCUT2D eigenvalue weighted by atomic mass is 10.1. The fraction of sp³-hybridized carbons (Fsp3) is 0.538. The molecule has 0 heterocycles. The Morgan fingerprint density at radius 2 is 1.53 bits per heavy atom. The zero-order valence-corrected chi connectivity index (χ0v) is 10.9. The zero-order valence-electron chi connectivity index (χ0n) is 10.9. The molecule has 108 valence electrons. The Balaban J connectivity index is 2.90. The molecule has 0 aliphatic carbocycles. The molecule has 0 spiro atoms. The molecule has 0 bridgehead atoms. The van der Waals surface area contributed by atoms with E-state index in [0.29, 0.717) is 12.3 Å². The summed E-state index contributed by atoms with van der Waals surface area (Å²) in [5.41, 5.74) is 4.22. The van der Waals surface area contributed by atoms with Crippen molar-refractivity contribution < 1.29 is 22.3 Å². The van der Waals surface area contributed by atoms with Gasteiger partial charge in [-0.05, 0) is 18.8 Å². The van der Waals surface area contributed by atoms with Crippen molar-refractivity contribution >= 4 is 0 Å². The Kier molecular flexibility index (Phi) is 5.60. The maximum Gasteiger partial charge on any atom is 0.204 e. The maximum atomic E-state index is 13.5. The summed E-state index contributed by atoms with van der Waals surface area (Å²) >= 11 is 0. The molecule has 19 heavy (non-hydrogen) atoms. The molecule has 0 aromatic heterocycles. The van der Waals surface area contributed by atoms with E-state index in [1.54, 1.807) is 0 Å². The third-order valence-corrected chi connectivity index (χ3v) is 2.69. The number of rotatable bonds is 6. The molecule has 2 nitrogen and oxygen atoms in total. The average molecular weight is 279 g/mol. The van der Waals surface area contributed by atoms with Crippen molar-refractivity contribution in [3.05, 3.63) is 28.8 Å². The summed E-state index contributed by atoms with van der Waals surface area (Å²) in [4.78, 5) is 0. The summed E-state index contributed by atoms with van der Waals surface area (Å²) < 4.78 is 58.6. The van der Waals surface area contributed by atoms with E-state index in [4.69, 9.17) is 10.5 Å². The van der Waals surface area contributed by atoms with E-state index in [9.17, 15) is 17.6 Å². The highest BCUT2D eigenvalue weighted by Crippen LogP contribution is 2.30. The minimum atomic E-state index is -1.54. The topological polar surface area (TPSA) is 35.2 Å². The highest BCUT2D eigenvalue weighted by atomic mass is 19.2. The van der Waals surface area contributed by atoms with Gasteiger partial charge in [-0.2, -0.15) is 8.78 Å². The summed E-state index contributed by atoms with van der Waals surface area (Å²) in [6, 6.07) is 0. The van der Waals surface area contributed by atoms with Crippen molar-refractivity contribution in [2.45, 2.75) is 33.2 Å². The summed E-state index contributed by atoms with van der Waals surface area (Å²) in [6.45, 7) is 3.33. The minimum Gasteiger partial charge on any atom is -0.487 e. The summed E-state index contributed by atoms with van der Waals surface area (Å²) in [6.07, 6.45) is 1.33. The molecule has 1 aromatic rings. The molecule has 1 rings (SSSR count). The normalized spacial score (nSPS) is 11.2. The van der Waals surface area contributed by atoms with Gasteiger partial charge in [-0.3, -0.25) is 0 Å². The van der Waals surface area contributed by atoms with Crippen molar-refractivity contribution in [2.24, 2.45) is 11.7 Å². The van der Waals surface area contributed by atoms with Crippen LogP contribution in [0.3, 0.4) is 0 Å². The van der Waals surface area contributed by atoms with Crippen LogP contribution in [0.25, 0.3) is 0 Å². The van der Waals surface area contributed by atoms with Gasteiger partial charge in [0.15, 0.2) is 17.4 Å². The SMILES string of the molecule is CC(C)CCCOc1c(F)c(F)c(CN)c(F)c1F. The minimum absolute atomic E-state index is 0.00707. The Morgan fingerprint density at radius 3 is 1.95 bits per heavy atom. The number of hydrogen-bond donors (Lipinski definition) is 1. The van der Waals surface area contributed by atoms with Crippen LogP contribution >= 0.6 is 0 Å². The summed E-state index contributed by atoms with van der Waals surface area (Å²) in [5, 5.41) is 0. The van der Waals surface area contributed by atoms with Gasteiger partial charge >= 0.3 is 0 Å². The van der Waals surface area contributed by atoms with Crippen molar-refractivity contribution in [1.29, 1.82) is 0 Å². The van der Waals surface area contributed by atoms with Crippen LogP contribution in [0, 0.1) is 29.2 Å². The van der Waals surface area contributed by atoms with Gasteiger partial charge in [-0.15, -0.1) is 0 Å². The molecule has 0 aliphatic rings. The molecule has 0 saturated carbocycles. The highest BCUT2D eigenvalue weighted by Gasteiger charge is 2.25. The van der Waals surface area contributed by atoms with Gasteiger partial charge in [0, 0.05) is 12.1 Å². The van der Waals surface area contributed by atoms with Crippen molar-refractivity contribution in [3.63, 3.8) is 0 Å². The second kappa shape index (κ2) is 6.75. The molecular weight excluding hydrogens is 262 g/mol. The predicted octanol–water partition coefficient (Wildman–Crippen LogP) is 3.52. The number of benzene rings is 1. The first-order valence-corrected chi connectivity index (χ1v) is 6.07. The Labute approximate surface area is 109 Å². The summed E-state index contributed by atoms with van der Waals surface area (Å²) in [5.74, 6) is -6.68. The van der Waals surface area contributed by atoms with E-state index >= 15 is 0 Å². The molecule has 0 fully saturated rings. The van der Waals surface area contributed by atoms with Crippen LogP contribution in [0.15, 0.2) is 0 Å². The van der Waals surface area contributed by atoms with Gasteiger partial charge in [-0.1, -0.05) is 13.8 Å². The van der Waals surface area contributed by atoms with E-state index in [1.165, 1.54) is 0 Å². The second-order valence-electron chi connectivity index (χ2n) is 4.65. The Hall–Kier alpha value is -1.30. The molecule has 0 unspecified atom stereocenters. The van der Waals surface area contributed by atoms with Crippen molar-refractivity contribution in [1.82, 2.24) is 0 Å². The maximum absolute atomic E-state index is 13.5. The van der Waals surface area contributed by atoms with Crippen LogP contribution in [0.4, 0.5) is 17.6 Å². The molecular formula is C13H17F4NO. The van der Waals surface area contributed by atoms with Crippen molar-refractivity contribution in [2.75, 3.05) is 6.61 Å². The standard InChI is InChI=1S/C13H17F4NO/c1-7(2)4-3-5-19-13-11(16)9(14)8(6-18)10(15)12(13)17/h7H,3-6,18H2,1-2H3. The van der Waals surface area contributed by atoms with Crippen LogP contribution in [-0.4, -0.2) is 6.61 Å². The molecule has 2 N–H and O–H groups in total. The van der Waals surface area contributed by atoms with E-state index < -0.39 is 41.1 Å². The lowest BCUT2D eigenvalue weighted by Crippen LogP contribution is -2.12. The van der Waals surface area contributed by atoms with Crippen LogP contribution in [0.2, 0.25) is 0 Å². The average Bonchev–Trinajstić information content (AvgIpc) is 2.36. The van der Waals surface area contributed by atoms with E-state index in [0.717, 1.165) is 6.42 Å². The number of halogens is 4. The lowest BCUT2D eigenvalue weighted by molar-refractivity contribution is 0.258. The molecule has 1 aromatic carbocycles. The van der Waals surface area contributed by atoms with Gasteiger partial charge in [0.1, 0.15) is 0 Å². The number of hydrogen-bond acceptors (Lipinski definition) is 2. The fourth-order valence-corrected chi connectivity index (χ4v) is 1.63. The highest BCUT2D eigenvalue weighted by molar-refractivity contribution is 5.34. The quantitative estimate of drug-likeness (QED) is 0.491. The molecule has 0 aliphatic heterocycles. The predicted molar refractivity (Wildman–Crippen MR) is 63.7 cm³/mol. The van der Waals surface area contributed by atoms with Crippen LogP contribution in [-0.2, 0) is 6.54 Å². The first kappa shape index (κ1) is 15.8. The number of ether oxygens (including phenoxy) is 1.